The molecule has 3 heterocycles. The van der Waals surface area contributed by atoms with Crippen molar-refractivity contribution >= 4 is 23.6 Å². The van der Waals surface area contributed by atoms with E-state index in [0.29, 0.717) is 49.0 Å². The smallest absolute Gasteiger partial charge is 0.410 e. The Morgan fingerprint density at radius 2 is 1.61 bits per heavy atom. The van der Waals surface area contributed by atoms with Crippen LogP contribution >= 0.6 is 11.8 Å². The molecule has 2 fully saturated rings. The second-order valence-corrected chi connectivity index (χ2v) is 22.0. The third-order valence-electron chi connectivity index (χ3n) is 15.6. The number of fused-ring (bicyclic) bond motifs is 3. The molecule has 3 aromatic rings. The molecule has 8 rings (SSSR count). The molecule has 1 saturated heterocycles. The Morgan fingerprint density at radius 3 is 2.37 bits per heavy atom. The van der Waals surface area contributed by atoms with E-state index in [9.17, 15) is 10.2 Å². The molecular formula is C61H84N2O11S. The van der Waals surface area contributed by atoms with Gasteiger partial charge in [-0.3, -0.25) is 4.90 Å². The van der Waals surface area contributed by atoms with Gasteiger partial charge in [-0.15, -0.1) is 18.3 Å². The van der Waals surface area contributed by atoms with Crippen LogP contribution in [0.5, 0.6) is 23.0 Å². The fourth-order valence-corrected chi connectivity index (χ4v) is 12.6. The van der Waals surface area contributed by atoms with Crippen LogP contribution in [0.3, 0.4) is 0 Å². The molecule has 0 bridgehead atoms. The summed E-state index contributed by atoms with van der Waals surface area (Å²) in [7, 11) is 0. The maximum Gasteiger partial charge on any atom is 0.410 e. The highest BCUT2D eigenvalue weighted by atomic mass is 32.2. The normalized spacial score (nSPS) is 23.9. The summed E-state index contributed by atoms with van der Waals surface area (Å²) in [5.41, 5.74) is 3.50. The molecule has 1 amide bonds. The number of hydrogen-bond acceptors (Lipinski definition) is 13. The van der Waals surface area contributed by atoms with Gasteiger partial charge in [-0.05, 0) is 110 Å². The Hall–Kier alpha value is -4.73. The summed E-state index contributed by atoms with van der Waals surface area (Å²) in [6.07, 6.45) is 22.3. The van der Waals surface area contributed by atoms with E-state index in [-0.39, 0.29) is 63.9 Å². The van der Waals surface area contributed by atoms with Crippen LogP contribution in [-0.2, 0) is 25.6 Å². The quantitative estimate of drug-likeness (QED) is 0.0265. The van der Waals surface area contributed by atoms with E-state index < -0.39 is 30.1 Å². The number of aliphatic hydroxyl groups excluding tert-OH is 2. The third-order valence-corrected chi connectivity index (χ3v) is 16.5. The molecule has 3 aromatic carbocycles. The van der Waals surface area contributed by atoms with Gasteiger partial charge in [0.15, 0.2) is 11.5 Å². The van der Waals surface area contributed by atoms with E-state index in [1.54, 1.807) is 22.7 Å². The Morgan fingerprint density at radius 1 is 0.853 bits per heavy atom. The number of carbonyl (C=O) groups excluding carboxylic acids is 1. The first-order valence-electron chi connectivity index (χ1n) is 28.4. The molecule has 14 heteroatoms. The van der Waals surface area contributed by atoms with Crippen LogP contribution in [0, 0.1) is 17.8 Å². The van der Waals surface area contributed by atoms with Crippen molar-refractivity contribution in [1.29, 1.82) is 0 Å². The van der Waals surface area contributed by atoms with Crippen molar-refractivity contribution in [2.45, 2.75) is 171 Å². The topological polar surface area (TPSA) is 147 Å². The predicted octanol–water partition coefficient (Wildman–Crippen LogP) is 13.3. The average molecular weight is 1050 g/mol. The van der Waals surface area contributed by atoms with Crippen LogP contribution in [-0.4, -0.2) is 97.2 Å². The summed E-state index contributed by atoms with van der Waals surface area (Å²) in [6.45, 7) is 8.39. The Kier molecular flexibility index (Phi) is 22.4. The fourth-order valence-electron chi connectivity index (χ4n) is 11.9. The van der Waals surface area contributed by atoms with Crippen molar-refractivity contribution in [2.75, 3.05) is 52.2 Å². The van der Waals surface area contributed by atoms with Gasteiger partial charge in [0.2, 0.25) is 18.9 Å². The number of nitrogens with zero attached hydrogens (tertiary/aromatic N) is 2. The summed E-state index contributed by atoms with van der Waals surface area (Å²) < 4.78 is 45.5. The van der Waals surface area contributed by atoms with Gasteiger partial charge in [0.1, 0.15) is 17.5 Å². The number of amides is 1. The monoisotopic (exact) mass is 1050 g/mol. The first-order chi connectivity index (χ1) is 37.0. The highest BCUT2D eigenvalue weighted by molar-refractivity contribution is 7.99. The summed E-state index contributed by atoms with van der Waals surface area (Å²) in [5.74, 6) is 1.39. The molecule has 0 aromatic heterocycles. The molecule has 2 N–H and O–H groups in total. The van der Waals surface area contributed by atoms with Crippen molar-refractivity contribution in [3.05, 3.63) is 102 Å². The lowest BCUT2D eigenvalue weighted by Crippen LogP contribution is -2.70. The zero-order valence-electron chi connectivity index (χ0n) is 44.6. The molecule has 1 unspecified atom stereocenters. The standard InChI is InChI=1S/C61H84N2O11S/c1-3-5-6-7-8-9-10-11-12-21-36-69-60(66)63(43-45-28-30-54-55(39-45)71-44-70-54)56-42-52(62-74-57-27-18-22-35-68-57)50-40-46(23-16-19-32-64)49(26-17-20-33-65)58-51-41-47(67-37-38-75-48-24-14-13-15-25-48)29-31-53(51)73-61(56,59(50)58)72-34-4-2/h4,13-15,24-25,28-31,39-41,46,49,56-59,64-65H,2-3,5-12,16-23,26-27,32-38,42-44H2,1H3/t46-,49+,56-,57?,58+,59+,61+/m0/s1. The van der Waals surface area contributed by atoms with Crippen molar-refractivity contribution in [3.8, 4) is 23.0 Å². The number of ether oxygens (including phenoxy) is 7. The molecule has 2 aliphatic carbocycles. The molecule has 7 atom stereocenters. The summed E-state index contributed by atoms with van der Waals surface area (Å²) in [5, 5.41) is 25.3. The second kappa shape index (κ2) is 29.7. The van der Waals surface area contributed by atoms with E-state index in [0.717, 1.165) is 92.4 Å². The molecule has 13 nitrogen and oxygen atoms in total. The van der Waals surface area contributed by atoms with Gasteiger partial charge in [-0.2, -0.15) is 0 Å². The van der Waals surface area contributed by atoms with Gasteiger partial charge in [0, 0.05) is 54.7 Å². The highest BCUT2D eigenvalue weighted by Crippen LogP contribution is 2.62. The number of hydrogen-bond donors (Lipinski definition) is 2. The zero-order valence-corrected chi connectivity index (χ0v) is 45.4. The number of benzene rings is 3. The molecule has 0 spiro atoms. The first kappa shape index (κ1) is 56.5. The van der Waals surface area contributed by atoms with Crippen LogP contribution in [0.4, 0.5) is 4.79 Å². The Bertz CT molecular complexity index is 2290. The maximum atomic E-state index is 15.3. The lowest BCUT2D eigenvalue weighted by molar-refractivity contribution is -0.256. The zero-order chi connectivity index (χ0) is 52.1. The van der Waals surface area contributed by atoms with Gasteiger partial charge in [0.25, 0.3) is 0 Å². The van der Waals surface area contributed by atoms with Crippen molar-refractivity contribution in [2.24, 2.45) is 22.9 Å². The van der Waals surface area contributed by atoms with Gasteiger partial charge in [0.05, 0.1) is 38.1 Å². The minimum absolute atomic E-state index is 0.0513. The SMILES string of the molecule is C=CCO[C@@]12Oc3ccc(OCCSc4ccccc4)cc3[C@H]3[C@H](CCCCO)[C@@H](CCCCO)C=C(C(=NOC4CCCCO4)C[C@@H]1N(Cc1ccc4c(c1)OCO4)C(=O)OCCCCCCCCCCCC)[C@H]32. The first-order valence-corrected chi connectivity index (χ1v) is 29.4. The van der Waals surface area contributed by atoms with Crippen LogP contribution in [0.2, 0.25) is 0 Å². The van der Waals surface area contributed by atoms with Crippen LogP contribution in [0.25, 0.3) is 0 Å². The van der Waals surface area contributed by atoms with Crippen LogP contribution in [0.1, 0.15) is 152 Å². The van der Waals surface area contributed by atoms with Gasteiger partial charge < -0.3 is 48.2 Å². The van der Waals surface area contributed by atoms with Gasteiger partial charge >= 0.3 is 6.09 Å². The van der Waals surface area contributed by atoms with Gasteiger partial charge in [-0.25, -0.2) is 4.79 Å². The molecule has 5 aliphatic rings. The van der Waals surface area contributed by atoms with Crippen molar-refractivity contribution in [1.82, 2.24) is 4.90 Å². The fraction of sp³-hybridized carbons (Fsp3) is 0.607. The van der Waals surface area contributed by atoms with E-state index in [4.69, 9.17) is 43.2 Å². The van der Waals surface area contributed by atoms with Crippen LogP contribution < -0.4 is 18.9 Å². The van der Waals surface area contributed by atoms with Crippen LogP contribution in [0.15, 0.2) is 101 Å². The average Bonchev–Trinajstić information content (AvgIpc) is 3.99. The van der Waals surface area contributed by atoms with Crippen molar-refractivity contribution in [3.63, 3.8) is 0 Å². The van der Waals surface area contributed by atoms with E-state index in [2.05, 4.69) is 37.8 Å². The largest absolute Gasteiger partial charge is 0.493 e. The highest BCUT2D eigenvalue weighted by Gasteiger charge is 2.66. The molecular weight excluding hydrogens is 969 g/mol. The molecule has 1 saturated carbocycles. The molecule has 75 heavy (non-hydrogen) atoms. The molecule has 3 aliphatic heterocycles. The predicted molar refractivity (Wildman–Crippen MR) is 294 cm³/mol. The summed E-state index contributed by atoms with van der Waals surface area (Å²) >= 11 is 1.76. The number of thioether (sulfide) groups is 1. The summed E-state index contributed by atoms with van der Waals surface area (Å²) in [4.78, 5) is 24.7. The number of allylic oxidation sites excluding steroid dienone is 1. The number of aliphatic hydroxyl groups is 2. The van der Waals surface area contributed by atoms with E-state index >= 15 is 4.79 Å². The minimum atomic E-state index is -1.47. The maximum absolute atomic E-state index is 15.3. The second-order valence-electron chi connectivity index (χ2n) is 20.8. The Balaban J connectivity index is 1.20. The van der Waals surface area contributed by atoms with Crippen molar-refractivity contribution < 1.29 is 53.0 Å². The number of carbonyl (C=O) groups is 1. The minimum Gasteiger partial charge on any atom is -0.493 e. The number of rotatable bonds is 32. The Labute approximate surface area is 450 Å². The number of unbranched alkanes of at least 4 members (excludes halogenated alkanes) is 11. The third kappa shape index (κ3) is 15.1. The summed E-state index contributed by atoms with van der Waals surface area (Å²) in [6, 6.07) is 21.5. The molecule has 0 radical (unpaired) electrons. The number of oxime groups is 1. The molecule has 410 valence electrons. The van der Waals surface area contributed by atoms with E-state index in [1.165, 1.54) is 49.8 Å². The van der Waals surface area contributed by atoms with Gasteiger partial charge in [-0.1, -0.05) is 119 Å². The lowest BCUT2D eigenvalue weighted by atomic mass is 9.55. The lowest BCUT2D eigenvalue weighted by Gasteiger charge is -2.60. The van der Waals surface area contributed by atoms with E-state index in [1.807, 2.05) is 48.5 Å².